The van der Waals surface area contributed by atoms with Gasteiger partial charge in [0.1, 0.15) is 0 Å². The SMILES string of the molecule is CC(CCCN)C(=O)NC1(C(=O)O)CCOC1. The number of amides is 1. The van der Waals surface area contributed by atoms with Crippen LogP contribution in [0.4, 0.5) is 0 Å². The first kappa shape index (κ1) is 13.9. The van der Waals surface area contributed by atoms with Gasteiger partial charge < -0.3 is 20.9 Å². The molecule has 1 saturated heterocycles. The van der Waals surface area contributed by atoms with Gasteiger partial charge in [-0.1, -0.05) is 6.92 Å². The van der Waals surface area contributed by atoms with Gasteiger partial charge in [-0.05, 0) is 19.4 Å². The lowest BCUT2D eigenvalue weighted by molar-refractivity contribution is -0.148. The minimum Gasteiger partial charge on any atom is -0.479 e. The second-order valence-electron chi connectivity index (χ2n) is 4.51. The Morgan fingerprint density at radius 2 is 2.29 bits per heavy atom. The molecular weight excluding hydrogens is 224 g/mol. The van der Waals surface area contributed by atoms with Gasteiger partial charge in [-0.3, -0.25) is 4.79 Å². The molecule has 2 atom stereocenters. The Labute approximate surface area is 101 Å². The molecule has 1 aliphatic heterocycles. The second kappa shape index (κ2) is 5.97. The Balaban J connectivity index is 2.56. The normalized spacial score (nSPS) is 25.5. The number of hydrogen-bond acceptors (Lipinski definition) is 4. The minimum absolute atomic E-state index is 0.0394. The molecule has 0 bridgehead atoms. The number of ether oxygens (including phenoxy) is 1. The smallest absolute Gasteiger partial charge is 0.331 e. The largest absolute Gasteiger partial charge is 0.479 e. The highest BCUT2D eigenvalue weighted by atomic mass is 16.5. The van der Waals surface area contributed by atoms with Gasteiger partial charge in [0, 0.05) is 18.9 Å². The van der Waals surface area contributed by atoms with Crippen LogP contribution in [0.15, 0.2) is 0 Å². The van der Waals surface area contributed by atoms with Gasteiger partial charge in [-0.15, -0.1) is 0 Å². The molecule has 0 spiro atoms. The van der Waals surface area contributed by atoms with E-state index in [2.05, 4.69) is 5.32 Å². The second-order valence-corrected chi connectivity index (χ2v) is 4.51. The molecule has 0 aromatic rings. The summed E-state index contributed by atoms with van der Waals surface area (Å²) >= 11 is 0. The van der Waals surface area contributed by atoms with Crippen LogP contribution in [-0.4, -0.2) is 42.3 Å². The number of carbonyl (C=O) groups excluding carboxylic acids is 1. The molecule has 0 aliphatic carbocycles. The van der Waals surface area contributed by atoms with Crippen LogP contribution in [0.1, 0.15) is 26.2 Å². The highest BCUT2D eigenvalue weighted by Gasteiger charge is 2.44. The van der Waals surface area contributed by atoms with E-state index in [1.807, 2.05) is 0 Å². The molecule has 0 radical (unpaired) electrons. The maximum atomic E-state index is 11.8. The maximum absolute atomic E-state index is 11.8. The zero-order valence-electron chi connectivity index (χ0n) is 10.1. The number of carboxylic acids is 1. The van der Waals surface area contributed by atoms with Crippen LogP contribution in [0.2, 0.25) is 0 Å². The summed E-state index contributed by atoms with van der Waals surface area (Å²) in [6.45, 7) is 2.71. The number of rotatable bonds is 6. The molecule has 6 nitrogen and oxygen atoms in total. The van der Waals surface area contributed by atoms with Crippen molar-refractivity contribution in [3.8, 4) is 0 Å². The first-order valence-electron chi connectivity index (χ1n) is 5.85. The Kier molecular flexibility index (Phi) is 4.89. The topological polar surface area (TPSA) is 102 Å². The summed E-state index contributed by atoms with van der Waals surface area (Å²) in [5, 5.41) is 11.8. The monoisotopic (exact) mass is 244 g/mol. The predicted molar refractivity (Wildman–Crippen MR) is 61.4 cm³/mol. The third-order valence-electron chi connectivity index (χ3n) is 3.08. The van der Waals surface area contributed by atoms with Crippen LogP contribution in [0.25, 0.3) is 0 Å². The summed E-state index contributed by atoms with van der Waals surface area (Å²) < 4.78 is 5.07. The van der Waals surface area contributed by atoms with E-state index in [1.54, 1.807) is 6.92 Å². The maximum Gasteiger partial charge on any atom is 0.331 e. The Hall–Kier alpha value is -1.14. The Morgan fingerprint density at radius 1 is 1.59 bits per heavy atom. The van der Waals surface area contributed by atoms with E-state index in [-0.39, 0.29) is 18.4 Å². The molecule has 0 aromatic carbocycles. The van der Waals surface area contributed by atoms with Crippen molar-refractivity contribution in [2.45, 2.75) is 31.7 Å². The van der Waals surface area contributed by atoms with Crippen LogP contribution in [0.3, 0.4) is 0 Å². The van der Waals surface area contributed by atoms with Crippen molar-refractivity contribution in [3.05, 3.63) is 0 Å². The van der Waals surface area contributed by atoms with Gasteiger partial charge in [-0.25, -0.2) is 4.79 Å². The average molecular weight is 244 g/mol. The van der Waals surface area contributed by atoms with Crippen LogP contribution in [0.5, 0.6) is 0 Å². The number of nitrogens with one attached hydrogen (secondary N) is 1. The van der Waals surface area contributed by atoms with Gasteiger partial charge >= 0.3 is 5.97 Å². The van der Waals surface area contributed by atoms with E-state index in [1.165, 1.54) is 0 Å². The van der Waals surface area contributed by atoms with Gasteiger partial charge in [0.25, 0.3) is 0 Å². The molecule has 17 heavy (non-hydrogen) atoms. The van der Waals surface area contributed by atoms with E-state index in [4.69, 9.17) is 15.6 Å². The van der Waals surface area contributed by atoms with Crippen molar-refractivity contribution in [1.82, 2.24) is 5.32 Å². The van der Waals surface area contributed by atoms with Gasteiger partial charge in [-0.2, -0.15) is 0 Å². The van der Waals surface area contributed by atoms with E-state index < -0.39 is 11.5 Å². The molecule has 98 valence electrons. The van der Waals surface area contributed by atoms with E-state index in [9.17, 15) is 9.59 Å². The molecule has 2 unspecified atom stereocenters. The van der Waals surface area contributed by atoms with Crippen LogP contribution < -0.4 is 11.1 Å². The molecule has 1 fully saturated rings. The summed E-state index contributed by atoms with van der Waals surface area (Å²) in [6, 6.07) is 0. The highest BCUT2D eigenvalue weighted by molar-refractivity contribution is 5.88. The lowest BCUT2D eigenvalue weighted by atomic mass is 9.96. The fourth-order valence-electron chi connectivity index (χ4n) is 1.80. The van der Waals surface area contributed by atoms with Gasteiger partial charge in [0.05, 0.1) is 6.61 Å². The third kappa shape index (κ3) is 3.41. The number of carboxylic acid groups (broad SMARTS) is 1. The number of carbonyl (C=O) groups is 2. The van der Waals surface area contributed by atoms with Crippen molar-refractivity contribution in [2.24, 2.45) is 11.7 Å². The molecule has 0 aromatic heterocycles. The molecule has 1 aliphatic rings. The molecular formula is C11H20N2O4. The fourth-order valence-corrected chi connectivity index (χ4v) is 1.80. The summed E-state index contributed by atoms with van der Waals surface area (Å²) in [5.41, 5.74) is 4.13. The first-order valence-corrected chi connectivity index (χ1v) is 5.85. The Morgan fingerprint density at radius 3 is 2.76 bits per heavy atom. The van der Waals surface area contributed by atoms with Gasteiger partial charge in [0.15, 0.2) is 5.54 Å². The zero-order chi connectivity index (χ0) is 12.9. The zero-order valence-corrected chi connectivity index (χ0v) is 10.1. The minimum atomic E-state index is -1.24. The van der Waals surface area contributed by atoms with E-state index in [0.717, 1.165) is 6.42 Å². The molecule has 1 heterocycles. The summed E-state index contributed by atoms with van der Waals surface area (Å²) in [5.74, 6) is -1.50. The standard InChI is InChI=1S/C11H20N2O4/c1-8(3-2-5-12)9(14)13-11(10(15)16)4-6-17-7-11/h8H,2-7,12H2,1H3,(H,13,14)(H,15,16). The first-order chi connectivity index (χ1) is 8.02. The molecule has 6 heteroatoms. The van der Waals surface area contributed by atoms with Crippen molar-refractivity contribution in [1.29, 1.82) is 0 Å². The Bertz CT molecular complexity index is 287. The molecule has 1 amide bonds. The van der Waals surface area contributed by atoms with Crippen LogP contribution in [-0.2, 0) is 14.3 Å². The number of hydrogen-bond donors (Lipinski definition) is 3. The average Bonchev–Trinajstić information content (AvgIpc) is 2.75. The lowest BCUT2D eigenvalue weighted by Gasteiger charge is -2.25. The molecule has 1 rings (SSSR count). The summed E-state index contributed by atoms with van der Waals surface area (Å²) in [4.78, 5) is 23.0. The lowest BCUT2D eigenvalue weighted by Crippen LogP contribution is -2.56. The number of nitrogens with two attached hydrogens (primary N) is 1. The van der Waals surface area contributed by atoms with Crippen LogP contribution >= 0.6 is 0 Å². The molecule has 0 saturated carbocycles. The summed E-state index contributed by atoms with van der Waals surface area (Å²) in [6.07, 6.45) is 1.74. The summed E-state index contributed by atoms with van der Waals surface area (Å²) in [7, 11) is 0. The van der Waals surface area contributed by atoms with Crippen molar-refractivity contribution < 1.29 is 19.4 Å². The van der Waals surface area contributed by atoms with E-state index >= 15 is 0 Å². The fraction of sp³-hybridized carbons (Fsp3) is 0.818. The highest BCUT2D eigenvalue weighted by Crippen LogP contribution is 2.20. The van der Waals surface area contributed by atoms with Crippen molar-refractivity contribution in [2.75, 3.05) is 19.8 Å². The van der Waals surface area contributed by atoms with Gasteiger partial charge in [0.2, 0.25) is 5.91 Å². The van der Waals surface area contributed by atoms with E-state index in [0.29, 0.717) is 26.0 Å². The van der Waals surface area contributed by atoms with Crippen molar-refractivity contribution in [3.63, 3.8) is 0 Å². The predicted octanol–water partition coefficient (Wildman–Crippen LogP) is -0.279. The number of aliphatic carboxylic acids is 1. The third-order valence-corrected chi connectivity index (χ3v) is 3.08. The molecule has 4 N–H and O–H groups in total. The quantitative estimate of drug-likeness (QED) is 0.596. The van der Waals surface area contributed by atoms with Crippen molar-refractivity contribution >= 4 is 11.9 Å². The van der Waals surface area contributed by atoms with Crippen LogP contribution in [0, 0.1) is 5.92 Å².